The van der Waals surface area contributed by atoms with Gasteiger partial charge in [0.15, 0.2) is 0 Å². The Morgan fingerprint density at radius 2 is 1.92 bits per heavy atom. The molecule has 2 radical (unpaired) electrons. The Hall–Kier alpha value is -0.545. The number of ether oxygens (including phenoxy) is 2. The first-order chi connectivity index (χ1) is 5.74. The van der Waals surface area contributed by atoms with Crippen molar-refractivity contribution in [1.29, 1.82) is 0 Å². The van der Waals surface area contributed by atoms with Gasteiger partial charge in [-0.15, -0.1) is 0 Å². The van der Waals surface area contributed by atoms with Crippen LogP contribution in [0.2, 0.25) is 6.32 Å². The van der Waals surface area contributed by atoms with Gasteiger partial charge in [-0.05, 0) is 6.32 Å². The highest BCUT2D eigenvalue weighted by molar-refractivity contribution is 6.19. The van der Waals surface area contributed by atoms with Gasteiger partial charge in [-0.25, -0.2) is 0 Å². The fourth-order valence-electron chi connectivity index (χ4n) is 0.820. The molecule has 0 rings (SSSR count). The predicted molar refractivity (Wildman–Crippen MR) is 46.2 cm³/mol. The van der Waals surface area contributed by atoms with Crippen molar-refractivity contribution in [1.82, 2.24) is 5.32 Å². The summed E-state index contributed by atoms with van der Waals surface area (Å²) in [6.45, 7) is 0.860. The lowest BCUT2D eigenvalue weighted by molar-refractivity contribution is -0.120. The SMILES string of the molecule is [B]CC(=O)NC(COC)COC. The number of carbonyl (C=O) groups excluding carboxylic acids is 1. The average molecular weight is 171 g/mol. The highest BCUT2D eigenvalue weighted by atomic mass is 16.5. The summed E-state index contributed by atoms with van der Waals surface area (Å²) in [6.07, 6.45) is -0.00999. The van der Waals surface area contributed by atoms with Gasteiger partial charge >= 0.3 is 0 Å². The number of methoxy groups -OCH3 is 2. The van der Waals surface area contributed by atoms with Gasteiger partial charge in [0, 0.05) is 14.2 Å². The van der Waals surface area contributed by atoms with Crippen molar-refractivity contribution in [2.75, 3.05) is 27.4 Å². The number of carbonyl (C=O) groups is 1. The third-order valence-corrected chi connectivity index (χ3v) is 1.29. The van der Waals surface area contributed by atoms with Crippen LogP contribution in [0, 0.1) is 0 Å². The maximum Gasteiger partial charge on any atom is 0.211 e. The first kappa shape index (κ1) is 11.5. The second kappa shape index (κ2) is 7.12. The Labute approximate surface area is 74.0 Å². The maximum absolute atomic E-state index is 10.8. The molecule has 5 heteroatoms. The molecule has 0 aliphatic heterocycles. The van der Waals surface area contributed by atoms with Gasteiger partial charge in [-0.2, -0.15) is 0 Å². The Balaban J connectivity index is 3.68. The molecule has 0 fully saturated rings. The summed E-state index contributed by atoms with van der Waals surface area (Å²) in [5, 5.41) is 2.65. The first-order valence-electron chi connectivity index (χ1n) is 3.71. The average Bonchev–Trinajstić information content (AvgIpc) is 2.05. The molecule has 1 N–H and O–H groups in total. The van der Waals surface area contributed by atoms with E-state index in [2.05, 4.69) is 5.32 Å². The number of nitrogens with one attached hydrogen (secondary N) is 1. The van der Waals surface area contributed by atoms with Gasteiger partial charge in [-0.3, -0.25) is 4.79 Å². The largest absolute Gasteiger partial charge is 0.382 e. The quantitative estimate of drug-likeness (QED) is 0.540. The zero-order valence-corrected chi connectivity index (χ0v) is 7.50. The van der Waals surface area contributed by atoms with Gasteiger partial charge < -0.3 is 14.8 Å². The van der Waals surface area contributed by atoms with Crippen LogP contribution < -0.4 is 5.32 Å². The highest BCUT2D eigenvalue weighted by Gasteiger charge is 2.09. The minimum Gasteiger partial charge on any atom is -0.382 e. The molecule has 0 aromatic carbocycles. The van der Waals surface area contributed by atoms with E-state index in [0.29, 0.717) is 13.2 Å². The third-order valence-electron chi connectivity index (χ3n) is 1.29. The van der Waals surface area contributed by atoms with Crippen LogP contribution in [0.5, 0.6) is 0 Å². The molecule has 0 spiro atoms. The van der Waals surface area contributed by atoms with Crippen LogP contribution >= 0.6 is 0 Å². The van der Waals surface area contributed by atoms with Crippen molar-refractivity contribution in [3.63, 3.8) is 0 Å². The van der Waals surface area contributed by atoms with Crippen LogP contribution in [0.4, 0.5) is 0 Å². The Morgan fingerprint density at radius 1 is 1.42 bits per heavy atom. The molecule has 0 atom stereocenters. The lowest BCUT2D eigenvalue weighted by atomic mass is 10.0. The third kappa shape index (κ3) is 5.15. The zero-order chi connectivity index (χ0) is 9.40. The number of amides is 1. The summed E-state index contributed by atoms with van der Waals surface area (Å²) in [4.78, 5) is 10.8. The van der Waals surface area contributed by atoms with Crippen LogP contribution in [0.25, 0.3) is 0 Å². The van der Waals surface area contributed by atoms with Crippen LogP contribution in [-0.4, -0.2) is 47.2 Å². The molecule has 0 saturated carbocycles. The second-order valence-electron chi connectivity index (χ2n) is 2.38. The van der Waals surface area contributed by atoms with Crippen molar-refractivity contribution in [2.24, 2.45) is 0 Å². The van der Waals surface area contributed by atoms with E-state index in [4.69, 9.17) is 17.3 Å². The summed E-state index contributed by atoms with van der Waals surface area (Å²) in [7, 11) is 8.25. The molecule has 4 nitrogen and oxygen atoms in total. The molecule has 0 aliphatic rings. The minimum atomic E-state index is -0.200. The topological polar surface area (TPSA) is 47.6 Å². The number of hydrogen-bond donors (Lipinski definition) is 1. The van der Waals surface area contributed by atoms with Gasteiger partial charge in [-0.1, -0.05) is 0 Å². The van der Waals surface area contributed by atoms with Crippen molar-refractivity contribution in [3.05, 3.63) is 0 Å². The number of hydrogen-bond acceptors (Lipinski definition) is 3. The molecule has 12 heavy (non-hydrogen) atoms. The summed E-state index contributed by atoms with van der Waals surface area (Å²) in [5.41, 5.74) is 0. The zero-order valence-electron chi connectivity index (χ0n) is 7.50. The van der Waals surface area contributed by atoms with Crippen molar-refractivity contribution in [3.8, 4) is 0 Å². The fraction of sp³-hybridized carbons (Fsp3) is 0.857. The van der Waals surface area contributed by atoms with Crippen molar-refractivity contribution in [2.45, 2.75) is 12.4 Å². The normalized spacial score (nSPS) is 10.2. The molecule has 0 aromatic heterocycles. The van der Waals surface area contributed by atoms with Crippen LogP contribution in [-0.2, 0) is 14.3 Å². The summed E-state index contributed by atoms with van der Waals surface area (Å²) >= 11 is 0. The van der Waals surface area contributed by atoms with Gasteiger partial charge in [0.1, 0.15) is 0 Å². The van der Waals surface area contributed by atoms with E-state index < -0.39 is 0 Å². The Morgan fingerprint density at radius 3 is 2.25 bits per heavy atom. The molecule has 0 unspecified atom stereocenters. The molecule has 68 valence electrons. The molecular formula is C7H14BNO3. The van der Waals surface area contributed by atoms with E-state index in [1.54, 1.807) is 14.2 Å². The van der Waals surface area contributed by atoms with Gasteiger partial charge in [0.2, 0.25) is 5.91 Å². The van der Waals surface area contributed by atoms with E-state index in [9.17, 15) is 4.79 Å². The minimum absolute atomic E-state index is 0.00999. The van der Waals surface area contributed by atoms with E-state index in [1.807, 2.05) is 0 Å². The van der Waals surface area contributed by atoms with Gasteiger partial charge in [0.05, 0.1) is 27.1 Å². The van der Waals surface area contributed by atoms with E-state index in [1.165, 1.54) is 0 Å². The lowest BCUT2D eigenvalue weighted by Gasteiger charge is -2.16. The summed E-state index contributed by atoms with van der Waals surface area (Å²) in [6, 6.07) is -0.115. The van der Waals surface area contributed by atoms with Crippen molar-refractivity contribution < 1.29 is 14.3 Å². The molecule has 0 saturated heterocycles. The first-order valence-corrected chi connectivity index (χ1v) is 3.71. The monoisotopic (exact) mass is 171 g/mol. The van der Waals surface area contributed by atoms with Gasteiger partial charge in [0.25, 0.3) is 0 Å². The second-order valence-corrected chi connectivity index (χ2v) is 2.38. The highest BCUT2D eigenvalue weighted by Crippen LogP contribution is 1.87. The lowest BCUT2D eigenvalue weighted by Crippen LogP contribution is -2.40. The molecular weight excluding hydrogens is 157 g/mol. The smallest absolute Gasteiger partial charge is 0.211 e. The van der Waals surface area contributed by atoms with E-state index in [-0.39, 0.29) is 18.3 Å². The predicted octanol–water partition coefficient (Wildman–Crippen LogP) is -0.649. The number of rotatable bonds is 6. The molecule has 0 bridgehead atoms. The summed E-state index contributed by atoms with van der Waals surface area (Å²) in [5.74, 6) is -0.200. The van der Waals surface area contributed by atoms with Crippen LogP contribution in [0.3, 0.4) is 0 Å². The molecule has 0 aliphatic carbocycles. The standard InChI is InChI=1S/C7H14BNO3/c1-11-4-6(5-12-2)9-7(10)3-8/h6H,3-5H2,1-2H3,(H,9,10). The molecule has 1 amide bonds. The Bertz CT molecular complexity index is 126. The molecule has 0 aromatic rings. The van der Waals surface area contributed by atoms with E-state index >= 15 is 0 Å². The summed E-state index contributed by atoms with van der Waals surface area (Å²) < 4.78 is 9.73. The fourth-order valence-corrected chi connectivity index (χ4v) is 0.820. The maximum atomic E-state index is 10.8. The van der Waals surface area contributed by atoms with E-state index in [0.717, 1.165) is 0 Å². The van der Waals surface area contributed by atoms with Crippen LogP contribution in [0.1, 0.15) is 0 Å². The Kier molecular flexibility index (Phi) is 6.80. The van der Waals surface area contributed by atoms with Crippen LogP contribution in [0.15, 0.2) is 0 Å². The molecule has 0 heterocycles. The van der Waals surface area contributed by atoms with Crippen molar-refractivity contribution >= 4 is 13.8 Å².